The van der Waals surface area contributed by atoms with E-state index in [-0.39, 0.29) is 12.1 Å². The normalized spacial score (nSPS) is 22.3. The van der Waals surface area contributed by atoms with E-state index in [4.69, 9.17) is 14.2 Å². The molecule has 1 saturated heterocycles. The SMILES string of the molecule is CCOC(=O)C1(NC(=O)OC2CCOCC2)CCCCC1. The number of ether oxygens (including phenoxy) is 3. The summed E-state index contributed by atoms with van der Waals surface area (Å²) < 4.78 is 15.8. The van der Waals surface area contributed by atoms with Gasteiger partial charge in [-0.1, -0.05) is 19.3 Å². The summed E-state index contributed by atoms with van der Waals surface area (Å²) in [6.07, 6.45) is 4.92. The number of alkyl carbamates (subject to hydrolysis) is 1. The molecule has 2 aliphatic rings. The summed E-state index contributed by atoms with van der Waals surface area (Å²) >= 11 is 0. The van der Waals surface area contributed by atoms with Gasteiger partial charge in [-0.15, -0.1) is 0 Å². The summed E-state index contributed by atoms with van der Waals surface area (Å²) in [6, 6.07) is 0. The lowest BCUT2D eigenvalue weighted by Gasteiger charge is -2.35. The molecule has 2 fully saturated rings. The van der Waals surface area contributed by atoms with Crippen LogP contribution < -0.4 is 5.32 Å². The lowest BCUT2D eigenvalue weighted by atomic mass is 9.82. The van der Waals surface area contributed by atoms with Crippen LogP contribution in [0.1, 0.15) is 51.9 Å². The summed E-state index contributed by atoms with van der Waals surface area (Å²) in [4.78, 5) is 24.3. The minimum atomic E-state index is -0.906. The number of carbonyl (C=O) groups is 2. The molecule has 1 heterocycles. The van der Waals surface area contributed by atoms with Crippen LogP contribution in [0.4, 0.5) is 4.79 Å². The number of hydrogen-bond acceptors (Lipinski definition) is 5. The molecule has 1 amide bonds. The van der Waals surface area contributed by atoms with Crippen molar-refractivity contribution in [2.24, 2.45) is 0 Å². The van der Waals surface area contributed by atoms with Gasteiger partial charge in [0.05, 0.1) is 19.8 Å². The van der Waals surface area contributed by atoms with Gasteiger partial charge in [-0.05, 0) is 19.8 Å². The van der Waals surface area contributed by atoms with Crippen LogP contribution in [0.2, 0.25) is 0 Å². The van der Waals surface area contributed by atoms with E-state index in [2.05, 4.69) is 5.32 Å². The molecule has 0 atom stereocenters. The van der Waals surface area contributed by atoms with Crippen LogP contribution in [0, 0.1) is 0 Å². The van der Waals surface area contributed by atoms with Gasteiger partial charge in [-0.25, -0.2) is 9.59 Å². The molecular formula is C15H25NO5. The minimum Gasteiger partial charge on any atom is -0.464 e. The van der Waals surface area contributed by atoms with Gasteiger partial charge in [0.2, 0.25) is 0 Å². The molecule has 0 aromatic carbocycles. The number of hydrogen-bond donors (Lipinski definition) is 1. The molecule has 6 heteroatoms. The summed E-state index contributed by atoms with van der Waals surface area (Å²) in [5.74, 6) is -0.339. The first-order valence-corrected chi connectivity index (χ1v) is 7.90. The van der Waals surface area contributed by atoms with Gasteiger partial charge in [0.15, 0.2) is 0 Å². The molecule has 0 aromatic rings. The highest BCUT2D eigenvalue weighted by Crippen LogP contribution is 2.30. The zero-order valence-corrected chi connectivity index (χ0v) is 12.7. The molecule has 0 bridgehead atoms. The Morgan fingerprint density at radius 2 is 1.86 bits per heavy atom. The fraction of sp³-hybridized carbons (Fsp3) is 0.867. The van der Waals surface area contributed by atoms with Crippen molar-refractivity contribution in [2.75, 3.05) is 19.8 Å². The molecule has 0 aromatic heterocycles. The maximum Gasteiger partial charge on any atom is 0.408 e. The minimum absolute atomic E-state index is 0.124. The van der Waals surface area contributed by atoms with Crippen LogP contribution in [0.25, 0.3) is 0 Å². The fourth-order valence-corrected chi connectivity index (χ4v) is 2.97. The van der Waals surface area contributed by atoms with E-state index in [0.717, 1.165) is 19.3 Å². The largest absolute Gasteiger partial charge is 0.464 e. The average molecular weight is 299 g/mol. The van der Waals surface area contributed by atoms with Crippen molar-refractivity contribution in [2.45, 2.75) is 63.5 Å². The Labute approximate surface area is 125 Å². The predicted octanol–water partition coefficient (Wildman–Crippen LogP) is 2.16. The summed E-state index contributed by atoms with van der Waals surface area (Å²) in [5.41, 5.74) is -0.906. The molecule has 1 aliphatic carbocycles. The lowest BCUT2D eigenvalue weighted by molar-refractivity contribution is -0.152. The Balaban J connectivity index is 1.93. The predicted molar refractivity (Wildman–Crippen MR) is 75.9 cm³/mol. The topological polar surface area (TPSA) is 73.9 Å². The first kappa shape index (κ1) is 16.1. The van der Waals surface area contributed by atoms with E-state index in [0.29, 0.717) is 45.5 Å². The first-order chi connectivity index (χ1) is 10.2. The molecule has 0 unspecified atom stereocenters. The monoisotopic (exact) mass is 299 g/mol. The van der Waals surface area contributed by atoms with Crippen molar-refractivity contribution >= 4 is 12.1 Å². The third-order valence-electron chi connectivity index (χ3n) is 4.16. The highest BCUT2D eigenvalue weighted by atomic mass is 16.6. The quantitative estimate of drug-likeness (QED) is 0.805. The van der Waals surface area contributed by atoms with E-state index in [1.165, 1.54) is 0 Å². The van der Waals surface area contributed by atoms with Gasteiger partial charge < -0.3 is 19.5 Å². The smallest absolute Gasteiger partial charge is 0.408 e. The van der Waals surface area contributed by atoms with Gasteiger partial charge in [0, 0.05) is 12.8 Å². The number of nitrogens with one attached hydrogen (secondary N) is 1. The molecule has 2 rings (SSSR count). The Morgan fingerprint density at radius 3 is 2.48 bits per heavy atom. The van der Waals surface area contributed by atoms with Crippen molar-refractivity contribution in [1.82, 2.24) is 5.32 Å². The summed E-state index contributed by atoms with van der Waals surface area (Å²) in [5, 5.41) is 2.79. The second-order valence-corrected chi connectivity index (χ2v) is 5.71. The summed E-state index contributed by atoms with van der Waals surface area (Å²) in [7, 11) is 0. The molecule has 1 aliphatic heterocycles. The van der Waals surface area contributed by atoms with Crippen molar-refractivity contribution in [3.8, 4) is 0 Å². The molecule has 120 valence electrons. The van der Waals surface area contributed by atoms with E-state index >= 15 is 0 Å². The Morgan fingerprint density at radius 1 is 1.19 bits per heavy atom. The van der Waals surface area contributed by atoms with Crippen molar-refractivity contribution in [3.63, 3.8) is 0 Å². The Bertz CT molecular complexity index is 359. The molecule has 1 N–H and O–H groups in total. The Kier molecular flexibility index (Phi) is 5.85. The van der Waals surface area contributed by atoms with Crippen molar-refractivity contribution in [3.05, 3.63) is 0 Å². The van der Waals surface area contributed by atoms with Gasteiger partial charge >= 0.3 is 12.1 Å². The summed E-state index contributed by atoms with van der Waals surface area (Å²) in [6.45, 7) is 3.31. The van der Waals surface area contributed by atoms with E-state index in [1.807, 2.05) is 0 Å². The van der Waals surface area contributed by atoms with Crippen molar-refractivity contribution < 1.29 is 23.8 Å². The fourth-order valence-electron chi connectivity index (χ4n) is 2.97. The maximum absolute atomic E-state index is 12.2. The Hall–Kier alpha value is -1.30. The number of rotatable bonds is 4. The van der Waals surface area contributed by atoms with E-state index in [1.54, 1.807) is 6.92 Å². The number of amides is 1. The van der Waals surface area contributed by atoms with Crippen LogP contribution in [0.15, 0.2) is 0 Å². The van der Waals surface area contributed by atoms with Crippen LogP contribution in [-0.2, 0) is 19.0 Å². The second-order valence-electron chi connectivity index (χ2n) is 5.71. The van der Waals surface area contributed by atoms with E-state index in [9.17, 15) is 9.59 Å². The highest BCUT2D eigenvalue weighted by molar-refractivity contribution is 5.86. The first-order valence-electron chi connectivity index (χ1n) is 7.90. The maximum atomic E-state index is 12.2. The van der Waals surface area contributed by atoms with Crippen LogP contribution in [-0.4, -0.2) is 43.5 Å². The second kappa shape index (κ2) is 7.64. The molecule has 0 spiro atoms. The van der Waals surface area contributed by atoms with E-state index < -0.39 is 11.6 Å². The molecule has 0 radical (unpaired) electrons. The highest BCUT2D eigenvalue weighted by Gasteiger charge is 2.43. The third kappa shape index (κ3) is 4.33. The van der Waals surface area contributed by atoms with Gasteiger partial charge in [0.25, 0.3) is 0 Å². The van der Waals surface area contributed by atoms with Crippen LogP contribution in [0.5, 0.6) is 0 Å². The van der Waals surface area contributed by atoms with Gasteiger partial charge in [0.1, 0.15) is 11.6 Å². The van der Waals surface area contributed by atoms with Gasteiger partial charge in [-0.3, -0.25) is 0 Å². The zero-order valence-electron chi connectivity index (χ0n) is 12.7. The average Bonchev–Trinajstić information content (AvgIpc) is 2.49. The standard InChI is InChI=1S/C15H25NO5/c1-2-20-13(17)15(8-4-3-5-9-15)16-14(18)21-12-6-10-19-11-7-12/h12H,2-11H2,1H3,(H,16,18). The van der Waals surface area contributed by atoms with Crippen LogP contribution in [0.3, 0.4) is 0 Å². The molecular weight excluding hydrogens is 274 g/mol. The third-order valence-corrected chi connectivity index (χ3v) is 4.16. The zero-order chi connectivity index (χ0) is 15.1. The molecule has 21 heavy (non-hydrogen) atoms. The number of esters is 1. The molecule has 6 nitrogen and oxygen atoms in total. The number of carbonyl (C=O) groups excluding carboxylic acids is 2. The van der Waals surface area contributed by atoms with Gasteiger partial charge in [-0.2, -0.15) is 0 Å². The lowest BCUT2D eigenvalue weighted by Crippen LogP contribution is -2.57. The van der Waals surface area contributed by atoms with Crippen LogP contribution >= 0.6 is 0 Å². The van der Waals surface area contributed by atoms with Crippen molar-refractivity contribution in [1.29, 1.82) is 0 Å². The molecule has 1 saturated carbocycles.